The largest absolute Gasteiger partial charge is 0.491 e. The molecule has 10 heteroatoms. The Morgan fingerprint density at radius 2 is 2.12 bits per heavy atom. The number of carbonyl (C=O) groups excluding carboxylic acids is 1. The summed E-state index contributed by atoms with van der Waals surface area (Å²) in [5.41, 5.74) is 0.641. The van der Waals surface area contributed by atoms with Crippen LogP contribution >= 0.6 is 11.8 Å². The number of aliphatic carboxylic acids is 1. The second-order valence-corrected chi connectivity index (χ2v) is 6.02. The molecule has 0 saturated carbocycles. The van der Waals surface area contributed by atoms with Crippen LogP contribution in [0.2, 0.25) is 0 Å². The van der Waals surface area contributed by atoms with Gasteiger partial charge in [-0.05, 0) is 6.07 Å². The number of para-hydroxylation sites is 1. The Hall–Kier alpha value is -2.49. The predicted molar refractivity (Wildman–Crippen MR) is 84.0 cm³/mol. The number of carbonyl (C=O) groups is 2. The summed E-state index contributed by atoms with van der Waals surface area (Å²) in [6, 6.07) is 5.97. The number of hydrogen-bond acceptors (Lipinski definition) is 7. The van der Waals surface area contributed by atoms with E-state index in [9.17, 15) is 24.8 Å². The molecule has 0 aromatic heterocycles. The number of carboxylic acid groups (broad SMARTS) is 1. The maximum absolute atomic E-state index is 11.9. The number of nitrogens with zero attached hydrogens (tertiary/aromatic N) is 2. The average molecular weight is 356 g/mol. The van der Waals surface area contributed by atoms with Gasteiger partial charge in [0.05, 0.1) is 0 Å². The number of carboxylic acids is 1. The Bertz CT molecular complexity index is 639. The van der Waals surface area contributed by atoms with Gasteiger partial charge in [-0.15, -0.1) is 21.9 Å². The van der Waals surface area contributed by atoms with Crippen LogP contribution in [0, 0.1) is 10.1 Å². The highest BCUT2D eigenvalue weighted by Crippen LogP contribution is 2.44. The Morgan fingerprint density at radius 1 is 1.42 bits per heavy atom. The molecule has 2 unspecified atom stereocenters. The molecule has 1 fully saturated rings. The van der Waals surface area contributed by atoms with E-state index in [1.807, 2.05) is 0 Å². The molecule has 1 aliphatic heterocycles. The van der Waals surface area contributed by atoms with Crippen molar-refractivity contribution in [3.8, 4) is 5.75 Å². The zero-order valence-electron chi connectivity index (χ0n) is 12.8. The van der Waals surface area contributed by atoms with Crippen LogP contribution in [0.15, 0.2) is 24.3 Å². The standard InChI is InChI=1S/C14H16N2O7S/c1-9(17)15-11(14(18)19)8-24-13(15)10-4-2-3-5-12(10)22-6-7-23-16(20)21/h2-5,11,13H,6-8H2,1H3,(H,18,19). The first-order valence-corrected chi connectivity index (χ1v) is 8.09. The minimum absolute atomic E-state index is 0.0438. The zero-order valence-corrected chi connectivity index (χ0v) is 13.6. The van der Waals surface area contributed by atoms with Gasteiger partial charge >= 0.3 is 5.97 Å². The van der Waals surface area contributed by atoms with E-state index in [0.29, 0.717) is 11.3 Å². The highest BCUT2D eigenvalue weighted by molar-refractivity contribution is 7.99. The molecule has 1 heterocycles. The van der Waals surface area contributed by atoms with Gasteiger partial charge in [0, 0.05) is 18.2 Å². The lowest BCUT2D eigenvalue weighted by atomic mass is 10.1. The van der Waals surface area contributed by atoms with E-state index in [1.54, 1.807) is 24.3 Å². The molecule has 2 rings (SSSR count). The molecule has 0 spiro atoms. The third-order valence-corrected chi connectivity index (χ3v) is 4.68. The second-order valence-electron chi connectivity index (χ2n) is 4.91. The molecule has 1 aromatic carbocycles. The van der Waals surface area contributed by atoms with E-state index in [2.05, 4.69) is 4.84 Å². The number of amides is 1. The molecular weight excluding hydrogens is 340 g/mol. The van der Waals surface area contributed by atoms with Crippen LogP contribution in [0.1, 0.15) is 17.9 Å². The number of rotatable bonds is 7. The lowest BCUT2D eigenvalue weighted by Crippen LogP contribution is -2.41. The molecule has 0 bridgehead atoms. The first kappa shape index (κ1) is 17.9. The van der Waals surface area contributed by atoms with E-state index in [4.69, 9.17) is 4.74 Å². The van der Waals surface area contributed by atoms with Crippen LogP contribution in [0.25, 0.3) is 0 Å². The minimum Gasteiger partial charge on any atom is -0.491 e. The average Bonchev–Trinajstić information content (AvgIpc) is 2.97. The van der Waals surface area contributed by atoms with E-state index in [0.717, 1.165) is 0 Å². The van der Waals surface area contributed by atoms with Crippen molar-refractivity contribution in [2.75, 3.05) is 19.0 Å². The van der Waals surface area contributed by atoms with Crippen molar-refractivity contribution in [1.29, 1.82) is 0 Å². The molecule has 1 saturated heterocycles. The zero-order chi connectivity index (χ0) is 17.7. The summed E-state index contributed by atoms with van der Waals surface area (Å²) in [6.45, 7) is 1.05. The molecular formula is C14H16N2O7S. The van der Waals surface area contributed by atoms with Crippen LogP contribution < -0.4 is 4.74 Å². The third-order valence-electron chi connectivity index (χ3n) is 3.37. The van der Waals surface area contributed by atoms with Gasteiger partial charge in [0.2, 0.25) is 5.91 Å². The number of ether oxygens (including phenoxy) is 1. The van der Waals surface area contributed by atoms with Gasteiger partial charge < -0.3 is 19.6 Å². The molecule has 2 atom stereocenters. The highest BCUT2D eigenvalue weighted by atomic mass is 32.2. The van der Waals surface area contributed by atoms with Gasteiger partial charge in [-0.1, -0.05) is 18.2 Å². The quantitative estimate of drug-likeness (QED) is 0.441. The van der Waals surface area contributed by atoms with Crippen LogP contribution in [-0.4, -0.2) is 52.0 Å². The van der Waals surface area contributed by atoms with Gasteiger partial charge in [0.1, 0.15) is 30.4 Å². The topological polar surface area (TPSA) is 119 Å². The summed E-state index contributed by atoms with van der Waals surface area (Å²) >= 11 is 1.33. The first-order chi connectivity index (χ1) is 11.4. The fourth-order valence-electron chi connectivity index (χ4n) is 2.40. The molecule has 130 valence electrons. The Labute approximate surface area is 141 Å². The summed E-state index contributed by atoms with van der Waals surface area (Å²) in [4.78, 5) is 38.9. The molecule has 0 aliphatic carbocycles. The van der Waals surface area contributed by atoms with E-state index < -0.39 is 22.5 Å². The van der Waals surface area contributed by atoms with Crippen molar-refractivity contribution in [2.24, 2.45) is 0 Å². The Kier molecular flexibility index (Phi) is 5.85. The van der Waals surface area contributed by atoms with Gasteiger partial charge in [-0.25, -0.2) is 4.79 Å². The van der Waals surface area contributed by atoms with Crippen molar-refractivity contribution in [1.82, 2.24) is 4.90 Å². The summed E-state index contributed by atoms with van der Waals surface area (Å²) in [5, 5.41) is 18.0. The molecule has 1 aliphatic rings. The van der Waals surface area contributed by atoms with Gasteiger partial charge in [-0.2, -0.15) is 0 Å². The fourth-order valence-corrected chi connectivity index (χ4v) is 3.90. The Morgan fingerprint density at radius 3 is 2.75 bits per heavy atom. The normalized spacial score (nSPS) is 19.8. The molecule has 1 amide bonds. The monoisotopic (exact) mass is 356 g/mol. The smallest absolute Gasteiger partial charge is 0.327 e. The number of benzene rings is 1. The first-order valence-electron chi connectivity index (χ1n) is 7.04. The number of hydrogen-bond donors (Lipinski definition) is 1. The van der Waals surface area contributed by atoms with Crippen LogP contribution in [0.3, 0.4) is 0 Å². The summed E-state index contributed by atoms with van der Waals surface area (Å²) in [6.07, 6.45) is 0. The maximum atomic E-state index is 11.9. The molecule has 1 aromatic rings. The maximum Gasteiger partial charge on any atom is 0.327 e. The second kappa shape index (κ2) is 7.86. The van der Waals surface area contributed by atoms with Crippen molar-refractivity contribution < 1.29 is 29.4 Å². The van der Waals surface area contributed by atoms with E-state index in [-0.39, 0.29) is 24.9 Å². The number of thioether (sulfide) groups is 1. The van der Waals surface area contributed by atoms with Crippen molar-refractivity contribution in [3.05, 3.63) is 39.9 Å². The molecule has 9 nitrogen and oxygen atoms in total. The molecule has 0 radical (unpaired) electrons. The van der Waals surface area contributed by atoms with Crippen molar-refractivity contribution >= 4 is 23.6 Å². The van der Waals surface area contributed by atoms with E-state index >= 15 is 0 Å². The highest BCUT2D eigenvalue weighted by Gasteiger charge is 2.41. The predicted octanol–water partition coefficient (Wildman–Crippen LogP) is 1.32. The van der Waals surface area contributed by atoms with Crippen molar-refractivity contribution in [3.63, 3.8) is 0 Å². The summed E-state index contributed by atoms with van der Waals surface area (Å²) in [7, 11) is 0. The summed E-state index contributed by atoms with van der Waals surface area (Å²) in [5.74, 6) is -0.695. The summed E-state index contributed by atoms with van der Waals surface area (Å²) < 4.78 is 5.50. The van der Waals surface area contributed by atoms with E-state index in [1.165, 1.54) is 23.6 Å². The van der Waals surface area contributed by atoms with Crippen LogP contribution in [0.5, 0.6) is 5.75 Å². The van der Waals surface area contributed by atoms with Crippen LogP contribution in [0.4, 0.5) is 0 Å². The fraction of sp³-hybridized carbons (Fsp3) is 0.429. The SMILES string of the molecule is CC(=O)N1C(C(=O)O)CSC1c1ccccc1OCCO[N+](=O)[O-]. The van der Waals surface area contributed by atoms with Gasteiger partial charge in [-0.3, -0.25) is 4.79 Å². The molecule has 24 heavy (non-hydrogen) atoms. The Balaban J connectivity index is 2.17. The van der Waals surface area contributed by atoms with Crippen molar-refractivity contribution in [2.45, 2.75) is 18.3 Å². The third kappa shape index (κ3) is 4.07. The van der Waals surface area contributed by atoms with Gasteiger partial charge in [0.15, 0.2) is 0 Å². The minimum atomic E-state index is -1.06. The van der Waals surface area contributed by atoms with Crippen LogP contribution in [-0.2, 0) is 14.4 Å². The van der Waals surface area contributed by atoms with Gasteiger partial charge in [0.25, 0.3) is 5.09 Å². The molecule has 1 N–H and O–H groups in total. The lowest BCUT2D eigenvalue weighted by Gasteiger charge is -2.27. The lowest BCUT2D eigenvalue weighted by molar-refractivity contribution is -0.757.